The highest BCUT2D eigenvalue weighted by Crippen LogP contribution is 2.27. The van der Waals surface area contributed by atoms with Crippen molar-refractivity contribution in [2.45, 2.75) is 32.6 Å². The zero-order valence-electron chi connectivity index (χ0n) is 13.3. The molecule has 0 aromatic heterocycles. The first-order chi connectivity index (χ1) is 10.6. The van der Waals surface area contributed by atoms with Crippen LogP contribution in [-0.4, -0.2) is 47.8 Å². The molecule has 1 aromatic rings. The minimum atomic E-state index is 0.0768. The van der Waals surface area contributed by atoms with Crippen molar-refractivity contribution in [1.29, 1.82) is 0 Å². The maximum Gasteiger partial charge on any atom is 0.253 e. The molecule has 2 fully saturated rings. The van der Waals surface area contributed by atoms with Gasteiger partial charge in [-0.2, -0.15) is 0 Å². The molecular weight excluding hydrogens is 276 g/mol. The molecule has 1 saturated heterocycles. The first-order valence-corrected chi connectivity index (χ1v) is 8.30. The SMILES string of the molecule is Cc1ccc(C(=O)N2CCN(C(=O)C3CCCC3)CC2)cc1. The molecule has 0 N–H and O–H groups in total. The number of carbonyl (C=O) groups excluding carboxylic acids is 2. The Hall–Kier alpha value is -1.84. The summed E-state index contributed by atoms with van der Waals surface area (Å²) >= 11 is 0. The number of benzene rings is 1. The molecule has 4 nitrogen and oxygen atoms in total. The molecule has 0 bridgehead atoms. The van der Waals surface area contributed by atoms with Crippen LogP contribution in [0.25, 0.3) is 0 Å². The van der Waals surface area contributed by atoms with Gasteiger partial charge in [0.2, 0.25) is 5.91 Å². The number of amides is 2. The van der Waals surface area contributed by atoms with Gasteiger partial charge in [0.25, 0.3) is 5.91 Å². The largest absolute Gasteiger partial charge is 0.339 e. The van der Waals surface area contributed by atoms with Gasteiger partial charge in [0, 0.05) is 37.7 Å². The Balaban J connectivity index is 1.56. The highest BCUT2D eigenvalue weighted by Gasteiger charge is 2.30. The first kappa shape index (κ1) is 15.1. The number of hydrogen-bond acceptors (Lipinski definition) is 2. The van der Waals surface area contributed by atoms with Crippen LogP contribution in [0.4, 0.5) is 0 Å². The number of rotatable bonds is 2. The van der Waals surface area contributed by atoms with E-state index in [2.05, 4.69) is 0 Å². The predicted octanol–water partition coefficient (Wildman–Crippen LogP) is 2.47. The fourth-order valence-electron chi connectivity index (χ4n) is 3.44. The van der Waals surface area contributed by atoms with Crippen LogP contribution >= 0.6 is 0 Å². The van der Waals surface area contributed by atoms with Crippen LogP contribution in [0.3, 0.4) is 0 Å². The molecular formula is C18H24N2O2. The lowest BCUT2D eigenvalue weighted by Gasteiger charge is -2.36. The van der Waals surface area contributed by atoms with Crippen molar-refractivity contribution in [3.05, 3.63) is 35.4 Å². The van der Waals surface area contributed by atoms with E-state index in [4.69, 9.17) is 0 Å². The van der Waals surface area contributed by atoms with Gasteiger partial charge in [0.05, 0.1) is 0 Å². The molecule has 3 rings (SSSR count). The topological polar surface area (TPSA) is 40.6 Å². The minimum absolute atomic E-state index is 0.0768. The van der Waals surface area contributed by atoms with Crippen molar-refractivity contribution < 1.29 is 9.59 Å². The van der Waals surface area contributed by atoms with Crippen molar-refractivity contribution in [1.82, 2.24) is 9.80 Å². The maximum atomic E-state index is 12.5. The van der Waals surface area contributed by atoms with Crippen molar-refractivity contribution in [3.63, 3.8) is 0 Å². The summed E-state index contributed by atoms with van der Waals surface area (Å²) in [7, 11) is 0. The molecule has 4 heteroatoms. The van der Waals surface area contributed by atoms with Crippen molar-refractivity contribution in [3.8, 4) is 0 Å². The average Bonchev–Trinajstić information content (AvgIpc) is 3.09. The molecule has 0 atom stereocenters. The van der Waals surface area contributed by atoms with Crippen molar-refractivity contribution >= 4 is 11.8 Å². The number of aryl methyl sites for hydroxylation is 1. The Labute approximate surface area is 132 Å². The molecule has 2 amide bonds. The standard InChI is InChI=1S/C18H24N2O2/c1-14-6-8-16(9-7-14)18(22)20-12-10-19(11-13-20)17(21)15-4-2-3-5-15/h6-9,15H,2-5,10-13H2,1H3. The number of hydrogen-bond donors (Lipinski definition) is 0. The normalized spacial score (nSPS) is 19.5. The smallest absolute Gasteiger partial charge is 0.253 e. The van der Waals surface area contributed by atoms with E-state index in [1.54, 1.807) is 0 Å². The first-order valence-electron chi connectivity index (χ1n) is 8.30. The van der Waals surface area contributed by atoms with E-state index in [1.807, 2.05) is 41.0 Å². The van der Waals surface area contributed by atoms with E-state index < -0.39 is 0 Å². The van der Waals surface area contributed by atoms with Crippen LogP contribution < -0.4 is 0 Å². The summed E-state index contributed by atoms with van der Waals surface area (Å²) < 4.78 is 0. The molecule has 2 aliphatic rings. The third-order valence-electron chi connectivity index (χ3n) is 4.88. The summed E-state index contributed by atoms with van der Waals surface area (Å²) in [5.41, 5.74) is 1.89. The molecule has 1 aliphatic carbocycles. The Morgan fingerprint density at radius 3 is 2.05 bits per heavy atom. The summed E-state index contributed by atoms with van der Waals surface area (Å²) in [5, 5.41) is 0. The van der Waals surface area contributed by atoms with E-state index in [1.165, 1.54) is 12.8 Å². The van der Waals surface area contributed by atoms with Crippen LogP contribution in [0, 0.1) is 12.8 Å². The van der Waals surface area contributed by atoms with Gasteiger partial charge in [0.15, 0.2) is 0 Å². The van der Waals surface area contributed by atoms with Crippen LogP contribution in [0.1, 0.15) is 41.6 Å². The molecule has 118 valence electrons. The van der Waals surface area contributed by atoms with E-state index >= 15 is 0 Å². The fraction of sp³-hybridized carbons (Fsp3) is 0.556. The minimum Gasteiger partial charge on any atom is -0.339 e. The van der Waals surface area contributed by atoms with Gasteiger partial charge >= 0.3 is 0 Å². The van der Waals surface area contributed by atoms with Gasteiger partial charge in [0.1, 0.15) is 0 Å². The van der Waals surface area contributed by atoms with Crippen LogP contribution in [-0.2, 0) is 4.79 Å². The Kier molecular flexibility index (Phi) is 4.46. The molecule has 0 spiro atoms. The van der Waals surface area contributed by atoms with Crippen LogP contribution in [0.5, 0.6) is 0 Å². The molecule has 1 aliphatic heterocycles. The third-order valence-corrected chi connectivity index (χ3v) is 4.88. The summed E-state index contributed by atoms with van der Waals surface area (Å²) in [6, 6.07) is 7.70. The van der Waals surface area contributed by atoms with E-state index in [9.17, 15) is 9.59 Å². The molecule has 22 heavy (non-hydrogen) atoms. The van der Waals surface area contributed by atoms with Gasteiger partial charge in [-0.25, -0.2) is 0 Å². The second-order valence-electron chi connectivity index (χ2n) is 6.46. The van der Waals surface area contributed by atoms with E-state index in [-0.39, 0.29) is 11.8 Å². The van der Waals surface area contributed by atoms with Gasteiger partial charge in [-0.3, -0.25) is 9.59 Å². The average molecular weight is 300 g/mol. The highest BCUT2D eigenvalue weighted by molar-refractivity contribution is 5.94. The van der Waals surface area contributed by atoms with E-state index in [0.717, 1.165) is 24.0 Å². The lowest BCUT2D eigenvalue weighted by atomic mass is 10.1. The number of piperazine rings is 1. The summed E-state index contributed by atoms with van der Waals surface area (Å²) in [6.45, 7) is 4.65. The summed E-state index contributed by atoms with van der Waals surface area (Å²) in [6.07, 6.45) is 4.45. The zero-order valence-corrected chi connectivity index (χ0v) is 13.3. The quantitative estimate of drug-likeness (QED) is 0.842. The van der Waals surface area contributed by atoms with Gasteiger partial charge in [-0.1, -0.05) is 30.5 Å². The predicted molar refractivity (Wildman–Crippen MR) is 85.6 cm³/mol. The zero-order chi connectivity index (χ0) is 15.5. The molecule has 0 unspecified atom stereocenters. The third kappa shape index (κ3) is 3.16. The summed E-state index contributed by atoms with van der Waals surface area (Å²) in [4.78, 5) is 28.7. The lowest BCUT2D eigenvalue weighted by molar-refractivity contribution is -0.136. The molecule has 1 heterocycles. The maximum absolute atomic E-state index is 12.5. The Bertz CT molecular complexity index is 539. The van der Waals surface area contributed by atoms with Gasteiger partial charge < -0.3 is 9.80 Å². The van der Waals surface area contributed by atoms with Gasteiger partial charge in [-0.05, 0) is 31.9 Å². The van der Waals surface area contributed by atoms with Crippen LogP contribution in [0.15, 0.2) is 24.3 Å². The second-order valence-corrected chi connectivity index (χ2v) is 6.46. The number of nitrogens with zero attached hydrogens (tertiary/aromatic N) is 2. The lowest BCUT2D eigenvalue weighted by Crippen LogP contribution is -2.51. The van der Waals surface area contributed by atoms with Crippen LogP contribution in [0.2, 0.25) is 0 Å². The molecule has 0 radical (unpaired) electrons. The Morgan fingerprint density at radius 2 is 1.45 bits per heavy atom. The van der Waals surface area contributed by atoms with Gasteiger partial charge in [-0.15, -0.1) is 0 Å². The Morgan fingerprint density at radius 1 is 0.909 bits per heavy atom. The second kappa shape index (κ2) is 6.51. The fourth-order valence-corrected chi connectivity index (χ4v) is 3.44. The summed E-state index contributed by atoms with van der Waals surface area (Å²) in [5.74, 6) is 0.618. The van der Waals surface area contributed by atoms with Crippen molar-refractivity contribution in [2.24, 2.45) is 5.92 Å². The highest BCUT2D eigenvalue weighted by atomic mass is 16.2. The molecule has 1 aromatic carbocycles. The van der Waals surface area contributed by atoms with Crippen molar-refractivity contribution in [2.75, 3.05) is 26.2 Å². The number of carbonyl (C=O) groups is 2. The van der Waals surface area contributed by atoms with E-state index in [0.29, 0.717) is 32.1 Å². The monoisotopic (exact) mass is 300 g/mol. The molecule has 1 saturated carbocycles.